The Morgan fingerprint density at radius 2 is 2.00 bits per heavy atom. The van der Waals surface area contributed by atoms with Gasteiger partial charge in [-0.3, -0.25) is 4.79 Å². The number of hydrogen-bond donors (Lipinski definition) is 3. The molecule has 0 atom stereocenters. The first-order chi connectivity index (χ1) is 8.97. The maximum Gasteiger partial charge on any atom is 0.243 e. The first kappa shape index (κ1) is 15.6. The van der Waals surface area contributed by atoms with Crippen molar-refractivity contribution >= 4 is 15.9 Å². The largest absolute Gasteiger partial charge is 0.370 e. The summed E-state index contributed by atoms with van der Waals surface area (Å²) in [6.45, 7) is 0.0118. The molecule has 106 valence electrons. The van der Waals surface area contributed by atoms with E-state index in [1.165, 1.54) is 6.07 Å². The van der Waals surface area contributed by atoms with Crippen LogP contribution in [0.3, 0.4) is 0 Å². The zero-order chi connectivity index (χ0) is 14.3. The van der Waals surface area contributed by atoms with Crippen LogP contribution in [-0.2, 0) is 26.1 Å². The highest BCUT2D eigenvalue weighted by Gasteiger charge is 2.16. The molecule has 0 saturated carbocycles. The smallest absolute Gasteiger partial charge is 0.243 e. The van der Waals surface area contributed by atoms with Crippen molar-refractivity contribution in [3.05, 3.63) is 29.8 Å². The minimum atomic E-state index is -3.63. The third-order valence-electron chi connectivity index (χ3n) is 2.26. The van der Waals surface area contributed by atoms with Crippen molar-refractivity contribution in [2.24, 2.45) is 11.5 Å². The normalized spacial score (nSPS) is 11.4. The van der Waals surface area contributed by atoms with Gasteiger partial charge in [0, 0.05) is 13.1 Å². The Balaban J connectivity index is 2.59. The second-order valence-corrected chi connectivity index (χ2v) is 5.46. The fourth-order valence-electron chi connectivity index (χ4n) is 1.43. The number of rotatable bonds is 8. The molecule has 0 spiro atoms. The molecule has 0 radical (unpaired) electrons. The summed E-state index contributed by atoms with van der Waals surface area (Å²) in [6, 6.07) is 6.47. The Bertz CT molecular complexity index is 530. The average Bonchev–Trinajstić information content (AvgIpc) is 2.37. The predicted octanol–water partition coefficient (Wildman–Crippen LogP) is -1.07. The van der Waals surface area contributed by atoms with Crippen molar-refractivity contribution in [3.63, 3.8) is 0 Å². The van der Waals surface area contributed by atoms with E-state index in [1.807, 2.05) is 0 Å². The molecule has 0 aromatic heterocycles. The zero-order valence-electron chi connectivity index (χ0n) is 10.3. The Morgan fingerprint density at radius 1 is 1.32 bits per heavy atom. The molecule has 0 aliphatic carbocycles. The number of nitrogens with one attached hydrogen (secondary N) is 1. The van der Waals surface area contributed by atoms with Crippen molar-refractivity contribution in [3.8, 4) is 0 Å². The molecule has 1 rings (SSSR count). The number of ether oxygens (including phenoxy) is 1. The Hall–Kier alpha value is -1.48. The van der Waals surface area contributed by atoms with Gasteiger partial charge in [0.1, 0.15) is 6.61 Å². The van der Waals surface area contributed by atoms with Gasteiger partial charge in [0.25, 0.3) is 0 Å². The van der Waals surface area contributed by atoms with Gasteiger partial charge < -0.3 is 16.2 Å². The summed E-state index contributed by atoms with van der Waals surface area (Å²) >= 11 is 0. The monoisotopic (exact) mass is 287 g/mol. The summed E-state index contributed by atoms with van der Waals surface area (Å²) in [5.41, 5.74) is 10.9. The van der Waals surface area contributed by atoms with Crippen molar-refractivity contribution < 1.29 is 17.9 Å². The highest BCUT2D eigenvalue weighted by molar-refractivity contribution is 7.89. The summed E-state index contributed by atoms with van der Waals surface area (Å²) < 4.78 is 31.2. The number of primary amides is 1. The summed E-state index contributed by atoms with van der Waals surface area (Å²) in [7, 11) is -3.63. The van der Waals surface area contributed by atoms with E-state index >= 15 is 0 Å². The summed E-state index contributed by atoms with van der Waals surface area (Å²) in [4.78, 5) is 10.6. The third-order valence-corrected chi connectivity index (χ3v) is 3.83. The van der Waals surface area contributed by atoms with Gasteiger partial charge in [0.2, 0.25) is 15.9 Å². The van der Waals surface area contributed by atoms with E-state index in [0.29, 0.717) is 5.56 Å². The van der Waals surface area contributed by atoms with Crippen LogP contribution in [0, 0.1) is 0 Å². The highest BCUT2D eigenvalue weighted by Crippen LogP contribution is 2.14. The number of benzene rings is 1. The minimum absolute atomic E-state index is 0.0501. The van der Waals surface area contributed by atoms with E-state index in [-0.39, 0.29) is 31.2 Å². The second-order valence-electron chi connectivity index (χ2n) is 3.73. The lowest BCUT2D eigenvalue weighted by atomic mass is 10.2. The molecule has 0 aliphatic heterocycles. The molecule has 7 nitrogen and oxygen atoms in total. The molecule has 0 unspecified atom stereocenters. The topological polar surface area (TPSA) is 125 Å². The van der Waals surface area contributed by atoms with Crippen LogP contribution in [0.25, 0.3) is 0 Å². The first-order valence-corrected chi connectivity index (χ1v) is 7.09. The molecule has 1 aromatic rings. The van der Waals surface area contributed by atoms with Gasteiger partial charge in [-0.15, -0.1) is 0 Å². The number of hydrogen-bond acceptors (Lipinski definition) is 5. The first-order valence-electron chi connectivity index (χ1n) is 5.61. The number of nitrogens with two attached hydrogens (primary N) is 2. The third kappa shape index (κ3) is 4.95. The number of sulfonamides is 1. The Labute approximate surface area is 112 Å². The highest BCUT2D eigenvalue weighted by atomic mass is 32.2. The van der Waals surface area contributed by atoms with Crippen LogP contribution in [0.5, 0.6) is 0 Å². The lowest BCUT2D eigenvalue weighted by molar-refractivity contribution is -0.122. The standard InChI is InChI=1S/C11H17N3O4S/c12-7-9-3-1-2-4-10(9)19(16,17)14-5-6-18-8-11(13)15/h1-4,14H,5-8,12H2,(H2,13,15). The molecule has 0 heterocycles. The summed E-state index contributed by atoms with van der Waals surface area (Å²) in [5.74, 6) is -0.601. The molecule has 0 bridgehead atoms. The molecule has 8 heteroatoms. The van der Waals surface area contributed by atoms with E-state index in [0.717, 1.165) is 0 Å². The molecule has 1 amide bonds. The van der Waals surface area contributed by atoms with E-state index in [9.17, 15) is 13.2 Å². The van der Waals surface area contributed by atoms with E-state index in [1.54, 1.807) is 18.2 Å². The Kier molecular flexibility index (Phi) is 5.90. The quantitative estimate of drug-likeness (QED) is 0.525. The number of carbonyl (C=O) groups is 1. The lowest BCUT2D eigenvalue weighted by Gasteiger charge is -2.10. The predicted molar refractivity (Wildman–Crippen MR) is 69.5 cm³/mol. The second kappa shape index (κ2) is 7.19. The Morgan fingerprint density at radius 3 is 2.63 bits per heavy atom. The van der Waals surface area contributed by atoms with Crippen molar-refractivity contribution in [2.75, 3.05) is 19.8 Å². The van der Waals surface area contributed by atoms with Crippen molar-refractivity contribution in [1.82, 2.24) is 4.72 Å². The molecular weight excluding hydrogens is 270 g/mol. The maximum absolute atomic E-state index is 12.0. The molecular formula is C11H17N3O4S. The van der Waals surface area contributed by atoms with Gasteiger partial charge in [-0.2, -0.15) is 0 Å². The van der Waals surface area contributed by atoms with E-state index in [4.69, 9.17) is 16.2 Å². The van der Waals surface area contributed by atoms with Crippen LogP contribution < -0.4 is 16.2 Å². The molecule has 0 fully saturated rings. The van der Waals surface area contributed by atoms with Crippen LogP contribution >= 0.6 is 0 Å². The molecule has 0 aliphatic rings. The van der Waals surface area contributed by atoms with Crippen molar-refractivity contribution in [1.29, 1.82) is 0 Å². The van der Waals surface area contributed by atoms with E-state index < -0.39 is 15.9 Å². The van der Waals surface area contributed by atoms with Crippen molar-refractivity contribution in [2.45, 2.75) is 11.4 Å². The summed E-state index contributed by atoms with van der Waals surface area (Å²) in [6.07, 6.45) is 0. The lowest BCUT2D eigenvalue weighted by Crippen LogP contribution is -2.29. The van der Waals surface area contributed by atoms with Crippen LogP contribution in [0.2, 0.25) is 0 Å². The van der Waals surface area contributed by atoms with Gasteiger partial charge in [-0.1, -0.05) is 18.2 Å². The number of carbonyl (C=O) groups excluding carboxylic acids is 1. The van der Waals surface area contributed by atoms with Gasteiger partial charge in [0.05, 0.1) is 11.5 Å². The zero-order valence-corrected chi connectivity index (χ0v) is 11.2. The SMILES string of the molecule is NCc1ccccc1S(=O)(=O)NCCOCC(N)=O. The minimum Gasteiger partial charge on any atom is -0.370 e. The average molecular weight is 287 g/mol. The van der Waals surface area contributed by atoms with Gasteiger partial charge in [-0.05, 0) is 11.6 Å². The molecule has 1 aromatic carbocycles. The fraction of sp³-hybridized carbons (Fsp3) is 0.364. The van der Waals surface area contributed by atoms with Gasteiger partial charge in [0.15, 0.2) is 0 Å². The summed E-state index contributed by atoms with van der Waals surface area (Å²) in [5, 5.41) is 0. The van der Waals surface area contributed by atoms with Crippen LogP contribution in [0.1, 0.15) is 5.56 Å². The van der Waals surface area contributed by atoms with Gasteiger partial charge >= 0.3 is 0 Å². The van der Waals surface area contributed by atoms with Crippen LogP contribution in [-0.4, -0.2) is 34.1 Å². The molecule has 0 saturated heterocycles. The number of amides is 1. The van der Waals surface area contributed by atoms with E-state index in [2.05, 4.69) is 4.72 Å². The fourth-order valence-corrected chi connectivity index (χ4v) is 2.70. The maximum atomic E-state index is 12.0. The molecule has 5 N–H and O–H groups in total. The van der Waals surface area contributed by atoms with Gasteiger partial charge in [-0.25, -0.2) is 13.1 Å². The molecule has 19 heavy (non-hydrogen) atoms. The van der Waals surface area contributed by atoms with Crippen LogP contribution in [0.4, 0.5) is 0 Å². The van der Waals surface area contributed by atoms with Crippen LogP contribution in [0.15, 0.2) is 29.2 Å².